The molecule has 0 saturated heterocycles. The van der Waals surface area contributed by atoms with E-state index in [-0.39, 0.29) is 5.43 Å². The lowest BCUT2D eigenvalue weighted by atomic mass is 10.0. The first-order valence-corrected chi connectivity index (χ1v) is 8.78. The summed E-state index contributed by atoms with van der Waals surface area (Å²) in [5.74, 6) is 0.319. The van der Waals surface area contributed by atoms with E-state index in [1.807, 2.05) is 65.2 Å². The Kier molecular flexibility index (Phi) is 4.58. The molecular formula is C24H19NO2. The summed E-state index contributed by atoms with van der Waals surface area (Å²) < 4.78 is 7.28. The van der Waals surface area contributed by atoms with E-state index in [1.54, 1.807) is 12.3 Å². The molecule has 0 bridgehead atoms. The minimum absolute atomic E-state index is 0.133. The number of nitrogens with zero attached hydrogens (tertiary/aromatic N) is 1. The predicted octanol–water partition coefficient (Wildman–Crippen LogP) is 5.18. The van der Waals surface area contributed by atoms with Crippen LogP contribution in [0, 0.1) is 0 Å². The van der Waals surface area contributed by atoms with E-state index in [0.717, 1.165) is 28.1 Å². The second-order valence-electron chi connectivity index (χ2n) is 6.24. The van der Waals surface area contributed by atoms with Gasteiger partial charge in [0, 0.05) is 11.8 Å². The molecule has 0 radical (unpaired) electrons. The molecule has 0 unspecified atom stereocenters. The molecule has 0 aliphatic rings. The molecule has 4 rings (SSSR count). The summed E-state index contributed by atoms with van der Waals surface area (Å²) in [6, 6.07) is 30.0. The Bertz CT molecular complexity index is 1120. The standard InChI is InChI=1S/C24H19NO2/c1-27-24-17-25(22(16-23(24)26)19-11-6-3-7-12-19)21-14-8-13-20(15-21)18-9-4-2-5-10-18/h2-17H,1H3. The zero-order valence-electron chi connectivity index (χ0n) is 15.0. The molecule has 27 heavy (non-hydrogen) atoms. The maximum absolute atomic E-state index is 12.4. The molecular weight excluding hydrogens is 334 g/mol. The van der Waals surface area contributed by atoms with Crippen LogP contribution in [0.15, 0.2) is 102 Å². The molecule has 0 N–H and O–H groups in total. The minimum atomic E-state index is -0.133. The lowest BCUT2D eigenvalue weighted by molar-refractivity contribution is 0.407. The van der Waals surface area contributed by atoms with Gasteiger partial charge < -0.3 is 9.30 Å². The third-order valence-corrected chi connectivity index (χ3v) is 4.54. The second kappa shape index (κ2) is 7.34. The molecule has 3 aromatic carbocycles. The number of aromatic nitrogens is 1. The smallest absolute Gasteiger partial charge is 0.224 e. The normalized spacial score (nSPS) is 10.6. The summed E-state index contributed by atoms with van der Waals surface area (Å²) in [5.41, 5.74) is 4.90. The molecule has 132 valence electrons. The number of benzene rings is 3. The van der Waals surface area contributed by atoms with Crippen molar-refractivity contribution in [2.45, 2.75) is 0 Å². The zero-order valence-corrected chi connectivity index (χ0v) is 15.0. The number of hydrogen-bond acceptors (Lipinski definition) is 2. The van der Waals surface area contributed by atoms with Crippen molar-refractivity contribution in [1.82, 2.24) is 4.57 Å². The number of pyridine rings is 1. The summed E-state index contributed by atoms with van der Waals surface area (Å²) in [6.07, 6.45) is 1.76. The van der Waals surface area contributed by atoms with Gasteiger partial charge in [-0.05, 0) is 28.8 Å². The maximum atomic E-state index is 12.4. The van der Waals surface area contributed by atoms with Crippen LogP contribution in [0.1, 0.15) is 0 Å². The summed E-state index contributed by atoms with van der Waals surface area (Å²) in [7, 11) is 1.52. The van der Waals surface area contributed by atoms with Gasteiger partial charge in [0.1, 0.15) is 0 Å². The third-order valence-electron chi connectivity index (χ3n) is 4.54. The van der Waals surface area contributed by atoms with E-state index in [1.165, 1.54) is 7.11 Å². The molecule has 0 spiro atoms. The number of ether oxygens (including phenoxy) is 1. The molecule has 3 nitrogen and oxygen atoms in total. The van der Waals surface area contributed by atoms with Crippen molar-refractivity contribution in [3.05, 3.63) is 107 Å². The van der Waals surface area contributed by atoms with Crippen LogP contribution < -0.4 is 10.2 Å². The number of hydrogen-bond donors (Lipinski definition) is 0. The second-order valence-corrected chi connectivity index (χ2v) is 6.24. The lowest BCUT2D eigenvalue weighted by Gasteiger charge is -2.16. The molecule has 0 aliphatic carbocycles. The van der Waals surface area contributed by atoms with Gasteiger partial charge in [0.25, 0.3) is 0 Å². The van der Waals surface area contributed by atoms with Gasteiger partial charge in [-0.25, -0.2) is 0 Å². The highest BCUT2D eigenvalue weighted by atomic mass is 16.5. The average molecular weight is 353 g/mol. The Morgan fingerprint density at radius 1 is 0.704 bits per heavy atom. The van der Waals surface area contributed by atoms with Crippen molar-refractivity contribution < 1.29 is 4.74 Å². The molecule has 1 heterocycles. The van der Waals surface area contributed by atoms with Crippen molar-refractivity contribution >= 4 is 0 Å². The molecule has 0 atom stereocenters. The van der Waals surface area contributed by atoms with Gasteiger partial charge in [-0.3, -0.25) is 4.79 Å². The van der Waals surface area contributed by atoms with Crippen LogP contribution in [0.3, 0.4) is 0 Å². The first kappa shape index (κ1) is 16.9. The Morgan fingerprint density at radius 2 is 1.33 bits per heavy atom. The summed E-state index contributed by atoms with van der Waals surface area (Å²) >= 11 is 0. The Balaban J connectivity index is 1.92. The van der Waals surface area contributed by atoms with Crippen LogP contribution in [0.4, 0.5) is 0 Å². The van der Waals surface area contributed by atoms with E-state index in [4.69, 9.17) is 4.74 Å². The first-order valence-electron chi connectivity index (χ1n) is 8.78. The molecule has 0 fully saturated rings. The predicted molar refractivity (Wildman–Crippen MR) is 109 cm³/mol. The van der Waals surface area contributed by atoms with Gasteiger partial charge in [-0.2, -0.15) is 0 Å². The van der Waals surface area contributed by atoms with Crippen LogP contribution in [-0.2, 0) is 0 Å². The Morgan fingerprint density at radius 3 is 2.00 bits per heavy atom. The van der Waals surface area contributed by atoms with E-state index >= 15 is 0 Å². The minimum Gasteiger partial charge on any atom is -0.491 e. The highest BCUT2D eigenvalue weighted by Crippen LogP contribution is 2.27. The number of rotatable bonds is 4. The van der Waals surface area contributed by atoms with Crippen molar-refractivity contribution in [2.24, 2.45) is 0 Å². The lowest BCUT2D eigenvalue weighted by Crippen LogP contribution is -2.11. The molecule has 4 aromatic rings. The largest absolute Gasteiger partial charge is 0.491 e. The molecule has 3 heteroatoms. The van der Waals surface area contributed by atoms with Gasteiger partial charge in [0.15, 0.2) is 5.75 Å². The summed E-state index contributed by atoms with van der Waals surface area (Å²) in [5, 5.41) is 0. The van der Waals surface area contributed by atoms with Crippen LogP contribution in [0.5, 0.6) is 5.75 Å². The first-order chi connectivity index (χ1) is 13.3. The van der Waals surface area contributed by atoms with Gasteiger partial charge in [-0.1, -0.05) is 72.8 Å². The van der Waals surface area contributed by atoms with Crippen LogP contribution in [0.2, 0.25) is 0 Å². The van der Waals surface area contributed by atoms with E-state index < -0.39 is 0 Å². The quantitative estimate of drug-likeness (QED) is 0.506. The zero-order chi connectivity index (χ0) is 18.6. The van der Waals surface area contributed by atoms with Crippen LogP contribution >= 0.6 is 0 Å². The molecule has 0 saturated carbocycles. The van der Waals surface area contributed by atoms with Crippen LogP contribution in [0.25, 0.3) is 28.1 Å². The maximum Gasteiger partial charge on any atom is 0.224 e. The molecule has 0 aliphatic heterocycles. The molecule has 1 aromatic heterocycles. The van der Waals surface area contributed by atoms with Crippen molar-refractivity contribution in [2.75, 3.05) is 7.11 Å². The van der Waals surface area contributed by atoms with Crippen molar-refractivity contribution in [3.8, 4) is 33.8 Å². The highest BCUT2D eigenvalue weighted by Gasteiger charge is 2.11. The molecule has 0 amide bonds. The number of methoxy groups -OCH3 is 1. The Hall–Kier alpha value is -3.59. The Labute approximate surface area is 158 Å². The van der Waals surface area contributed by atoms with Crippen LogP contribution in [-0.4, -0.2) is 11.7 Å². The SMILES string of the molecule is COc1cn(-c2cccc(-c3ccccc3)c2)c(-c2ccccc2)cc1=O. The fourth-order valence-corrected chi connectivity index (χ4v) is 3.18. The van der Waals surface area contributed by atoms with Crippen molar-refractivity contribution in [3.63, 3.8) is 0 Å². The topological polar surface area (TPSA) is 31.2 Å². The fourth-order valence-electron chi connectivity index (χ4n) is 3.18. The van der Waals surface area contributed by atoms with E-state index in [0.29, 0.717) is 5.75 Å². The van der Waals surface area contributed by atoms with Gasteiger partial charge >= 0.3 is 0 Å². The fraction of sp³-hybridized carbons (Fsp3) is 0.0417. The third kappa shape index (κ3) is 3.40. The average Bonchev–Trinajstić information content (AvgIpc) is 2.75. The van der Waals surface area contributed by atoms with E-state index in [2.05, 4.69) is 24.3 Å². The monoisotopic (exact) mass is 353 g/mol. The van der Waals surface area contributed by atoms with Crippen molar-refractivity contribution in [1.29, 1.82) is 0 Å². The summed E-state index contributed by atoms with van der Waals surface area (Å²) in [6.45, 7) is 0. The highest BCUT2D eigenvalue weighted by molar-refractivity contribution is 5.68. The van der Waals surface area contributed by atoms with Gasteiger partial charge in [0.05, 0.1) is 19.0 Å². The van der Waals surface area contributed by atoms with E-state index in [9.17, 15) is 4.79 Å². The van der Waals surface area contributed by atoms with Gasteiger partial charge in [0.2, 0.25) is 5.43 Å². The van der Waals surface area contributed by atoms with Gasteiger partial charge in [-0.15, -0.1) is 0 Å². The summed E-state index contributed by atoms with van der Waals surface area (Å²) in [4.78, 5) is 12.4.